The van der Waals surface area contributed by atoms with Crippen LogP contribution in [0.15, 0.2) is 24.3 Å². The van der Waals surface area contributed by atoms with Crippen LogP contribution in [0.4, 0.5) is 0 Å². The third-order valence-corrected chi connectivity index (χ3v) is 4.35. The number of benzene rings is 1. The van der Waals surface area contributed by atoms with Crippen molar-refractivity contribution in [3.05, 3.63) is 29.8 Å². The van der Waals surface area contributed by atoms with E-state index in [1.807, 2.05) is 0 Å². The van der Waals surface area contributed by atoms with E-state index in [-0.39, 0.29) is 24.3 Å². The monoisotopic (exact) mass is 352 g/mol. The summed E-state index contributed by atoms with van der Waals surface area (Å²) in [5.41, 5.74) is -1.73. The average molecular weight is 352 g/mol. The number of aliphatic carboxylic acids is 1. The standard InChI is InChI=1S/C17H20O8/c18-11(3-1-9-2-4-12(19)13(20)5-9)6-10-7-17(25,16(23)24)8-14(21)15(10)22/h1-5,10,14-15,19-22,25H,6-8H2,(H,23,24). The molecule has 0 heterocycles. The molecule has 1 saturated carbocycles. The maximum absolute atomic E-state index is 12.0. The summed E-state index contributed by atoms with van der Waals surface area (Å²) in [5, 5.41) is 57.4. The van der Waals surface area contributed by atoms with Gasteiger partial charge in [-0.3, -0.25) is 4.79 Å². The van der Waals surface area contributed by atoms with Crippen molar-refractivity contribution in [2.24, 2.45) is 5.92 Å². The van der Waals surface area contributed by atoms with Gasteiger partial charge in [0.25, 0.3) is 0 Å². The molecule has 4 atom stereocenters. The summed E-state index contributed by atoms with van der Waals surface area (Å²) >= 11 is 0. The second kappa shape index (κ2) is 7.22. The third kappa shape index (κ3) is 4.36. The fourth-order valence-electron chi connectivity index (χ4n) is 2.95. The molecule has 1 aliphatic carbocycles. The van der Waals surface area contributed by atoms with E-state index >= 15 is 0 Å². The molecule has 0 amide bonds. The topological polar surface area (TPSA) is 156 Å². The lowest BCUT2D eigenvalue weighted by Gasteiger charge is -2.39. The number of aliphatic hydroxyl groups excluding tert-OH is 2. The van der Waals surface area contributed by atoms with Crippen LogP contribution in [0.25, 0.3) is 6.08 Å². The van der Waals surface area contributed by atoms with Crippen LogP contribution in [0.2, 0.25) is 0 Å². The van der Waals surface area contributed by atoms with E-state index in [2.05, 4.69) is 0 Å². The number of hydrogen-bond acceptors (Lipinski definition) is 7. The van der Waals surface area contributed by atoms with E-state index < -0.39 is 41.9 Å². The van der Waals surface area contributed by atoms with Gasteiger partial charge in [0.2, 0.25) is 0 Å². The van der Waals surface area contributed by atoms with Crippen molar-refractivity contribution >= 4 is 17.8 Å². The van der Waals surface area contributed by atoms with Crippen LogP contribution < -0.4 is 0 Å². The predicted octanol–water partition coefficient (Wildman–Crippen LogP) is 0.0177. The zero-order chi connectivity index (χ0) is 18.8. The Hall–Kier alpha value is -2.42. The number of carboxylic acid groups (broad SMARTS) is 1. The van der Waals surface area contributed by atoms with E-state index in [4.69, 9.17) is 5.11 Å². The zero-order valence-electron chi connectivity index (χ0n) is 13.2. The SMILES string of the molecule is O=C(C=Cc1ccc(O)c(O)c1)CC1CC(O)(C(=O)O)CC(O)C1O. The number of carboxylic acids is 1. The quantitative estimate of drug-likeness (QED) is 0.320. The highest BCUT2D eigenvalue weighted by molar-refractivity contribution is 5.94. The molecule has 8 nitrogen and oxygen atoms in total. The second-order valence-corrected chi connectivity index (χ2v) is 6.31. The number of aliphatic hydroxyl groups is 3. The van der Waals surface area contributed by atoms with Crippen molar-refractivity contribution in [2.75, 3.05) is 0 Å². The van der Waals surface area contributed by atoms with Crippen LogP contribution in [-0.2, 0) is 9.59 Å². The third-order valence-electron chi connectivity index (χ3n) is 4.35. The number of carbonyl (C=O) groups excluding carboxylic acids is 1. The van der Waals surface area contributed by atoms with E-state index in [1.54, 1.807) is 0 Å². The van der Waals surface area contributed by atoms with Crippen molar-refractivity contribution in [3.63, 3.8) is 0 Å². The molecule has 2 rings (SSSR count). The summed E-state index contributed by atoms with van der Waals surface area (Å²) in [5.74, 6) is -3.50. The lowest BCUT2D eigenvalue weighted by Crippen LogP contribution is -2.54. The molecular formula is C17H20O8. The Morgan fingerprint density at radius 1 is 1.16 bits per heavy atom. The lowest BCUT2D eigenvalue weighted by atomic mass is 9.73. The molecule has 25 heavy (non-hydrogen) atoms. The zero-order valence-corrected chi connectivity index (χ0v) is 13.2. The summed E-state index contributed by atoms with van der Waals surface area (Å²) < 4.78 is 0. The molecule has 8 heteroatoms. The van der Waals surface area contributed by atoms with Crippen LogP contribution >= 0.6 is 0 Å². The molecular weight excluding hydrogens is 332 g/mol. The van der Waals surface area contributed by atoms with Gasteiger partial charge < -0.3 is 30.6 Å². The molecule has 0 saturated heterocycles. The van der Waals surface area contributed by atoms with Crippen molar-refractivity contribution in [3.8, 4) is 11.5 Å². The van der Waals surface area contributed by atoms with Gasteiger partial charge in [0.1, 0.15) is 0 Å². The van der Waals surface area contributed by atoms with Gasteiger partial charge in [-0.25, -0.2) is 4.79 Å². The molecule has 0 radical (unpaired) electrons. The number of phenols is 2. The minimum absolute atomic E-state index is 0.256. The first-order chi connectivity index (χ1) is 11.6. The first-order valence-corrected chi connectivity index (χ1v) is 7.67. The molecule has 1 fully saturated rings. The van der Waals surface area contributed by atoms with Gasteiger partial charge in [-0.05, 0) is 36.1 Å². The largest absolute Gasteiger partial charge is 0.504 e. The summed E-state index contributed by atoms with van der Waals surface area (Å²) in [6.45, 7) is 0. The molecule has 136 valence electrons. The molecule has 0 aromatic heterocycles. The maximum atomic E-state index is 12.0. The highest BCUT2D eigenvalue weighted by Crippen LogP contribution is 2.35. The van der Waals surface area contributed by atoms with E-state index in [1.165, 1.54) is 30.4 Å². The first kappa shape index (κ1) is 18.9. The predicted molar refractivity (Wildman–Crippen MR) is 85.8 cm³/mol. The number of hydrogen-bond donors (Lipinski definition) is 6. The van der Waals surface area contributed by atoms with Crippen LogP contribution in [0.5, 0.6) is 11.5 Å². The fraction of sp³-hybridized carbons (Fsp3) is 0.412. The van der Waals surface area contributed by atoms with Crippen LogP contribution in [0, 0.1) is 5.92 Å². The van der Waals surface area contributed by atoms with Crippen molar-refractivity contribution in [1.82, 2.24) is 0 Å². The van der Waals surface area contributed by atoms with Gasteiger partial charge in [0.05, 0.1) is 12.2 Å². The van der Waals surface area contributed by atoms with E-state index in [0.29, 0.717) is 5.56 Å². The second-order valence-electron chi connectivity index (χ2n) is 6.31. The molecule has 0 bridgehead atoms. The Balaban J connectivity index is 2.06. The normalized spacial score (nSPS) is 29.6. The molecule has 0 spiro atoms. The smallest absolute Gasteiger partial charge is 0.335 e. The minimum Gasteiger partial charge on any atom is -0.504 e. The Morgan fingerprint density at radius 3 is 2.44 bits per heavy atom. The highest BCUT2D eigenvalue weighted by Gasteiger charge is 2.49. The van der Waals surface area contributed by atoms with Gasteiger partial charge >= 0.3 is 5.97 Å². The van der Waals surface area contributed by atoms with E-state index in [9.17, 15) is 35.1 Å². The summed E-state index contributed by atoms with van der Waals surface area (Å²) in [6.07, 6.45) is -1.29. The summed E-state index contributed by atoms with van der Waals surface area (Å²) in [7, 11) is 0. The fourth-order valence-corrected chi connectivity index (χ4v) is 2.95. The molecule has 1 aromatic carbocycles. The Labute approximate surface area is 143 Å². The number of ketones is 1. The van der Waals surface area contributed by atoms with Crippen molar-refractivity contribution in [1.29, 1.82) is 0 Å². The summed E-state index contributed by atoms with van der Waals surface area (Å²) in [4.78, 5) is 23.2. The van der Waals surface area contributed by atoms with Gasteiger partial charge in [-0.15, -0.1) is 0 Å². The van der Waals surface area contributed by atoms with Gasteiger partial charge in [0.15, 0.2) is 22.9 Å². The number of rotatable bonds is 5. The Morgan fingerprint density at radius 2 is 1.84 bits per heavy atom. The van der Waals surface area contributed by atoms with Gasteiger partial charge in [0, 0.05) is 12.8 Å². The van der Waals surface area contributed by atoms with Crippen molar-refractivity contribution < 1.29 is 40.2 Å². The summed E-state index contributed by atoms with van der Waals surface area (Å²) in [6, 6.07) is 3.98. The van der Waals surface area contributed by atoms with Gasteiger partial charge in [-0.2, -0.15) is 0 Å². The molecule has 0 aliphatic heterocycles. The minimum atomic E-state index is -2.18. The number of aromatic hydroxyl groups is 2. The number of phenolic OH excluding ortho intramolecular Hbond substituents is 2. The molecule has 1 aromatic rings. The number of carbonyl (C=O) groups is 2. The van der Waals surface area contributed by atoms with Crippen LogP contribution in [0.3, 0.4) is 0 Å². The van der Waals surface area contributed by atoms with Crippen LogP contribution in [-0.4, -0.2) is 60.2 Å². The Bertz CT molecular complexity index is 698. The maximum Gasteiger partial charge on any atom is 0.335 e. The Kier molecular flexibility index (Phi) is 5.46. The van der Waals surface area contributed by atoms with E-state index in [0.717, 1.165) is 0 Å². The number of allylic oxidation sites excluding steroid dienone is 1. The van der Waals surface area contributed by atoms with Crippen LogP contribution in [0.1, 0.15) is 24.8 Å². The molecule has 4 unspecified atom stereocenters. The highest BCUT2D eigenvalue weighted by atomic mass is 16.4. The average Bonchev–Trinajstić information content (AvgIpc) is 2.53. The van der Waals surface area contributed by atoms with Crippen molar-refractivity contribution in [2.45, 2.75) is 37.1 Å². The molecule has 1 aliphatic rings. The van der Waals surface area contributed by atoms with Gasteiger partial charge in [-0.1, -0.05) is 12.1 Å². The molecule has 6 N–H and O–H groups in total. The lowest BCUT2D eigenvalue weighted by molar-refractivity contribution is -0.179. The first-order valence-electron chi connectivity index (χ1n) is 7.67.